The first-order valence-electron chi connectivity index (χ1n) is 6.21. The Morgan fingerprint density at radius 2 is 1.78 bits per heavy atom. The Labute approximate surface area is 107 Å². The smallest absolute Gasteiger partial charge is 0.236 e. The number of hydrogen-bond donors (Lipinski definition) is 1. The predicted octanol–water partition coefficient (Wildman–Crippen LogP) is 3.28. The third kappa shape index (κ3) is 1.61. The van der Waals surface area contributed by atoms with Crippen LogP contribution < -0.4 is 4.57 Å². The molecule has 90 valence electrons. The number of benzene rings is 2. The van der Waals surface area contributed by atoms with Gasteiger partial charge in [0, 0.05) is 0 Å². The fourth-order valence-corrected chi connectivity index (χ4v) is 2.44. The average Bonchev–Trinajstić information content (AvgIpc) is 2.71. The van der Waals surface area contributed by atoms with Crippen LogP contribution in [0.3, 0.4) is 0 Å². The molecular formula is C16H17N2+. The lowest BCUT2D eigenvalue weighted by Crippen LogP contribution is -2.29. The van der Waals surface area contributed by atoms with Crippen LogP contribution in [0, 0.1) is 13.8 Å². The second-order valence-electron chi connectivity index (χ2n) is 4.87. The maximum atomic E-state index is 3.51. The highest BCUT2D eigenvalue weighted by atomic mass is 15.1. The van der Waals surface area contributed by atoms with Gasteiger partial charge in [-0.15, -0.1) is 0 Å². The molecule has 1 N–H and O–H groups in total. The first-order valence-corrected chi connectivity index (χ1v) is 6.21. The van der Waals surface area contributed by atoms with Crippen molar-refractivity contribution < 1.29 is 4.57 Å². The quantitative estimate of drug-likeness (QED) is 0.627. The van der Waals surface area contributed by atoms with Gasteiger partial charge in [-0.1, -0.05) is 29.8 Å². The molecular weight excluding hydrogens is 220 g/mol. The highest BCUT2D eigenvalue weighted by Gasteiger charge is 2.18. The fraction of sp³-hybridized carbons (Fsp3) is 0.188. The zero-order chi connectivity index (χ0) is 12.7. The van der Waals surface area contributed by atoms with Gasteiger partial charge < -0.3 is 0 Å². The van der Waals surface area contributed by atoms with Gasteiger partial charge in [0.25, 0.3) is 5.82 Å². The summed E-state index contributed by atoms with van der Waals surface area (Å²) >= 11 is 0. The molecule has 1 heterocycles. The molecule has 3 rings (SSSR count). The molecule has 0 saturated carbocycles. The van der Waals surface area contributed by atoms with Gasteiger partial charge in [0.1, 0.15) is 0 Å². The standard InChI is InChI=1S/C16H16N2/c1-11-8-9-12(2)13(10-11)16-17-14-6-4-5-7-15(14)18(16)3/h4-10H,1-3H3/p+1. The summed E-state index contributed by atoms with van der Waals surface area (Å²) in [5.74, 6) is 1.16. The average molecular weight is 237 g/mol. The predicted molar refractivity (Wildman–Crippen MR) is 74.4 cm³/mol. The van der Waals surface area contributed by atoms with E-state index < -0.39 is 0 Å². The van der Waals surface area contributed by atoms with E-state index in [4.69, 9.17) is 0 Å². The van der Waals surface area contributed by atoms with Gasteiger partial charge in [-0.2, -0.15) is 0 Å². The third-order valence-corrected chi connectivity index (χ3v) is 3.50. The van der Waals surface area contributed by atoms with Crippen LogP contribution in [0.2, 0.25) is 0 Å². The lowest BCUT2D eigenvalue weighted by Gasteiger charge is -2.02. The van der Waals surface area contributed by atoms with Gasteiger partial charge >= 0.3 is 0 Å². The van der Waals surface area contributed by atoms with Crippen LogP contribution in [0.5, 0.6) is 0 Å². The molecule has 1 aromatic heterocycles. The molecule has 18 heavy (non-hydrogen) atoms. The maximum absolute atomic E-state index is 3.51. The Hall–Kier alpha value is -2.09. The van der Waals surface area contributed by atoms with Gasteiger partial charge in [-0.3, -0.25) is 0 Å². The van der Waals surface area contributed by atoms with Crippen molar-refractivity contribution in [3.05, 3.63) is 53.6 Å². The number of nitrogens with one attached hydrogen (secondary N) is 1. The monoisotopic (exact) mass is 237 g/mol. The van der Waals surface area contributed by atoms with E-state index in [9.17, 15) is 0 Å². The number of nitrogens with zero attached hydrogens (tertiary/aromatic N) is 1. The Balaban J connectivity index is 2.31. The van der Waals surface area contributed by atoms with Gasteiger partial charge in [0.2, 0.25) is 0 Å². The SMILES string of the molecule is Cc1ccc(C)c(-c2[nH]c3ccccc3[n+]2C)c1. The number of rotatable bonds is 1. The van der Waals surface area contributed by atoms with E-state index >= 15 is 0 Å². The molecule has 0 spiro atoms. The minimum absolute atomic E-state index is 1.16. The normalized spacial score (nSPS) is 11.1. The molecule has 0 aliphatic heterocycles. The summed E-state index contributed by atoms with van der Waals surface area (Å²) in [4.78, 5) is 3.51. The minimum atomic E-state index is 1.16. The number of para-hydroxylation sites is 2. The van der Waals surface area contributed by atoms with Crippen LogP contribution in [0.15, 0.2) is 42.5 Å². The summed E-state index contributed by atoms with van der Waals surface area (Å²) in [6.45, 7) is 4.28. The summed E-state index contributed by atoms with van der Waals surface area (Å²) < 4.78 is 2.22. The molecule has 2 nitrogen and oxygen atoms in total. The number of aryl methyl sites for hydroxylation is 3. The van der Waals surface area contributed by atoms with Crippen LogP contribution in [0.25, 0.3) is 22.4 Å². The molecule has 0 atom stereocenters. The molecule has 2 heteroatoms. The van der Waals surface area contributed by atoms with E-state index in [-0.39, 0.29) is 0 Å². The van der Waals surface area contributed by atoms with Gasteiger partial charge in [-0.25, -0.2) is 9.55 Å². The largest absolute Gasteiger partial charge is 0.287 e. The van der Waals surface area contributed by atoms with E-state index in [0.29, 0.717) is 0 Å². The van der Waals surface area contributed by atoms with Crippen molar-refractivity contribution in [3.8, 4) is 11.4 Å². The molecule has 0 radical (unpaired) electrons. The van der Waals surface area contributed by atoms with Crippen molar-refractivity contribution in [1.82, 2.24) is 4.98 Å². The molecule has 0 unspecified atom stereocenters. The topological polar surface area (TPSA) is 19.7 Å². The summed E-state index contributed by atoms with van der Waals surface area (Å²) in [5.41, 5.74) is 6.26. The van der Waals surface area contributed by atoms with E-state index in [1.807, 2.05) is 0 Å². The Morgan fingerprint density at radius 3 is 2.56 bits per heavy atom. The van der Waals surface area contributed by atoms with Crippen LogP contribution in [-0.4, -0.2) is 4.98 Å². The maximum Gasteiger partial charge on any atom is 0.287 e. The first-order chi connectivity index (χ1) is 8.66. The number of hydrogen-bond acceptors (Lipinski definition) is 0. The molecule has 3 aromatic rings. The number of aromatic amines is 1. The van der Waals surface area contributed by atoms with Crippen LogP contribution in [0.4, 0.5) is 0 Å². The highest BCUT2D eigenvalue weighted by Crippen LogP contribution is 2.22. The highest BCUT2D eigenvalue weighted by molar-refractivity contribution is 5.75. The van der Waals surface area contributed by atoms with Crippen LogP contribution in [-0.2, 0) is 7.05 Å². The van der Waals surface area contributed by atoms with Gasteiger partial charge in [0.15, 0.2) is 11.0 Å². The van der Waals surface area contributed by atoms with Gasteiger partial charge in [0.05, 0.1) is 12.6 Å². The fourth-order valence-electron chi connectivity index (χ4n) is 2.44. The molecule has 0 saturated heterocycles. The summed E-state index contributed by atoms with van der Waals surface area (Å²) in [6, 6.07) is 15.0. The zero-order valence-electron chi connectivity index (χ0n) is 11.0. The van der Waals surface area contributed by atoms with Crippen LogP contribution >= 0.6 is 0 Å². The summed E-state index contributed by atoms with van der Waals surface area (Å²) in [5, 5.41) is 0. The van der Waals surface area contributed by atoms with Crippen LogP contribution in [0.1, 0.15) is 11.1 Å². The van der Waals surface area contributed by atoms with Crippen molar-refractivity contribution in [2.75, 3.05) is 0 Å². The Morgan fingerprint density at radius 1 is 1.00 bits per heavy atom. The Kier molecular flexibility index (Phi) is 2.44. The number of fused-ring (bicyclic) bond motifs is 1. The van der Waals surface area contributed by atoms with Crippen molar-refractivity contribution in [2.24, 2.45) is 7.05 Å². The summed E-state index contributed by atoms with van der Waals surface area (Å²) in [6.07, 6.45) is 0. The van der Waals surface area contributed by atoms with Crippen molar-refractivity contribution >= 4 is 11.0 Å². The molecule has 0 aliphatic carbocycles. The first kappa shape index (κ1) is 11.0. The summed E-state index contributed by atoms with van der Waals surface area (Å²) in [7, 11) is 2.11. The minimum Gasteiger partial charge on any atom is -0.236 e. The van der Waals surface area contributed by atoms with Crippen molar-refractivity contribution in [3.63, 3.8) is 0 Å². The lowest BCUT2D eigenvalue weighted by atomic mass is 10.1. The number of aromatic nitrogens is 2. The van der Waals surface area contributed by atoms with E-state index in [2.05, 4.69) is 72.9 Å². The molecule has 0 bridgehead atoms. The molecule has 0 fully saturated rings. The third-order valence-electron chi connectivity index (χ3n) is 3.50. The number of H-pyrrole nitrogens is 1. The zero-order valence-corrected chi connectivity index (χ0v) is 11.0. The second kappa shape index (κ2) is 3.98. The number of imidazole rings is 1. The van der Waals surface area contributed by atoms with E-state index in [0.717, 1.165) is 5.82 Å². The van der Waals surface area contributed by atoms with Gasteiger partial charge in [-0.05, 0) is 37.6 Å². The molecule has 0 amide bonds. The van der Waals surface area contributed by atoms with Crippen molar-refractivity contribution in [1.29, 1.82) is 0 Å². The Bertz CT molecular complexity index is 723. The van der Waals surface area contributed by atoms with E-state index in [1.165, 1.54) is 27.7 Å². The van der Waals surface area contributed by atoms with Crippen molar-refractivity contribution in [2.45, 2.75) is 13.8 Å². The lowest BCUT2D eigenvalue weighted by molar-refractivity contribution is -0.633. The molecule has 2 aromatic carbocycles. The molecule has 0 aliphatic rings. The second-order valence-corrected chi connectivity index (χ2v) is 4.87. The van der Waals surface area contributed by atoms with E-state index in [1.54, 1.807) is 0 Å².